The molecule has 3 heterocycles. The molecule has 2 atom stereocenters. The number of piperidine rings is 1. The van der Waals surface area contributed by atoms with Crippen LogP contribution in [0.25, 0.3) is 0 Å². The van der Waals surface area contributed by atoms with E-state index in [2.05, 4.69) is 52.5 Å². The van der Waals surface area contributed by atoms with Crippen molar-refractivity contribution in [2.45, 2.75) is 70.6 Å². The molecule has 1 aliphatic carbocycles. The predicted octanol–water partition coefficient (Wildman–Crippen LogP) is 6.40. The standard InChI is InChI=1S/C29H41ClN6S/c1-21-16-22(2)19-36(18-21)26-17-25(35-14-6-7-15-35)32-27(33-26)34-28(37)31-20-29(12-4-3-5-13-29)23-8-10-24(30)11-9-23/h8-11,17,21-22H,3-7,12-16,18-20H2,1-2H3,(H2,31,32,33,34,37)/t21-,22+. The van der Waals surface area contributed by atoms with Crippen LogP contribution in [0.2, 0.25) is 5.02 Å². The number of hydrogen-bond donors (Lipinski definition) is 2. The lowest BCUT2D eigenvalue weighted by atomic mass is 9.69. The number of nitrogens with zero attached hydrogens (tertiary/aromatic N) is 4. The van der Waals surface area contributed by atoms with E-state index in [1.807, 2.05) is 12.1 Å². The molecule has 2 aliphatic heterocycles. The van der Waals surface area contributed by atoms with Crippen LogP contribution in [0.1, 0.15) is 70.8 Å². The zero-order valence-corrected chi connectivity index (χ0v) is 23.9. The maximum absolute atomic E-state index is 6.19. The van der Waals surface area contributed by atoms with Crippen LogP contribution in [-0.2, 0) is 5.41 Å². The zero-order valence-electron chi connectivity index (χ0n) is 22.3. The second-order valence-corrected chi connectivity index (χ2v) is 12.5. The third-order valence-corrected chi connectivity index (χ3v) is 8.90. The molecule has 0 unspecified atom stereocenters. The Bertz CT molecular complexity index is 1050. The van der Waals surface area contributed by atoms with Gasteiger partial charge in [-0.1, -0.05) is 56.8 Å². The van der Waals surface area contributed by atoms with Gasteiger partial charge in [-0.25, -0.2) is 0 Å². The molecule has 3 aliphatic rings. The van der Waals surface area contributed by atoms with Crippen LogP contribution in [-0.4, -0.2) is 47.8 Å². The first-order valence-electron chi connectivity index (χ1n) is 14.1. The van der Waals surface area contributed by atoms with Crippen LogP contribution < -0.4 is 20.4 Å². The fraction of sp³-hybridized carbons (Fsp3) is 0.621. The minimum atomic E-state index is 0.0675. The molecule has 1 saturated carbocycles. The first-order valence-corrected chi connectivity index (χ1v) is 14.9. The fourth-order valence-electron chi connectivity index (χ4n) is 6.59. The smallest absolute Gasteiger partial charge is 0.232 e. The number of nitrogens with one attached hydrogen (secondary N) is 2. The molecule has 0 spiro atoms. The monoisotopic (exact) mass is 540 g/mol. The SMILES string of the molecule is C[C@@H]1C[C@H](C)CN(c2cc(N3CCCC3)nc(NC(=S)NCC3(c4ccc(Cl)cc4)CCCCC3)n2)C1. The molecule has 8 heteroatoms. The van der Waals surface area contributed by atoms with Gasteiger partial charge >= 0.3 is 0 Å². The van der Waals surface area contributed by atoms with Crippen LogP contribution >= 0.6 is 23.8 Å². The van der Waals surface area contributed by atoms with Crippen LogP contribution in [0.4, 0.5) is 17.6 Å². The Kier molecular flexibility index (Phi) is 8.40. The third-order valence-electron chi connectivity index (χ3n) is 8.40. The van der Waals surface area contributed by atoms with Crippen molar-refractivity contribution in [3.05, 3.63) is 40.9 Å². The van der Waals surface area contributed by atoms with E-state index < -0.39 is 0 Å². The van der Waals surface area contributed by atoms with Crippen LogP contribution in [0.3, 0.4) is 0 Å². The highest BCUT2D eigenvalue weighted by molar-refractivity contribution is 7.80. The van der Waals surface area contributed by atoms with Crippen molar-refractivity contribution >= 4 is 46.5 Å². The first-order chi connectivity index (χ1) is 17.9. The molecule has 6 nitrogen and oxygen atoms in total. The van der Waals surface area contributed by atoms with E-state index in [4.69, 9.17) is 33.8 Å². The molecule has 2 N–H and O–H groups in total. The number of halogens is 1. The second kappa shape index (κ2) is 11.7. The maximum Gasteiger partial charge on any atom is 0.232 e. The van der Waals surface area contributed by atoms with Gasteiger partial charge in [0.15, 0.2) is 5.11 Å². The molecule has 1 aromatic heterocycles. The third kappa shape index (κ3) is 6.48. The summed E-state index contributed by atoms with van der Waals surface area (Å²) >= 11 is 12.0. The molecule has 200 valence electrons. The summed E-state index contributed by atoms with van der Waals surface area (Å²) in [6.45, 7) is 9.64. The van der Waals surface area contributed by atoms with E-state index in [9.17, 15) is 0 Å². The molecule has 3 fully saturated rings. The Labute approximate surface area is 232 Å². The summed E-state index contributed by atoms with van der Waals surface area (Å²) in [4.78, 5) is 14.7. The molecular weight excluding hydrogens is 500 g/mol. The summed E-state index contributed by atoms with van der Waals surface area (Å²) in [6, 6.07) is 10.6. The average Bonchev–Trinajstić information content (AvgIpc) is 3.43. The quantitative estimate of drug-likeness (QED) is 0.411. The van der Waals surface area contributed by atoms with Crippen LogP contribution in [0, 0.1) is 11.8 Å². The Balaban J connectivity index is 1.32. The molecule has 0 amide bonds. The zero-order chi connectivity index (χ0) is 25.8. The number of thiocarbonyl (C=S) groups is 1. The van der Waals surface area contributed by atoms with E-state index in [0.717, 1.165) is 62.2 Å². The Hall–Kier alpha value is -2.12. The van der Waals surface area contributed by atoms with Crippen LogP contribution in [0.15, 0.2) is 30.3 Å². The van der Waals surface area contributed by atoms with Crippen molar-refractivity contribution < 1.29 is 0 Å². The molecule has 37 heavy (non-hydrogen) atoms. The summed E-state index contributed by atoms with van der Waals surface area (Å²) < 4.78 is 0. The highest BCUT2D eigenvalue weighted by Gasteiger charge is 2.34. The van der Waals surface area contributed by atoms with E-state index in [0.29, 0.717) is 22.9 Å². The molecule has 0 radical (unpaired) electrons. The normalized spacial score (nSPS) is 23.6. The number of anilines is 3. The molecule has 1 aromatic carbocycles. The van der Waals surface area contributed by atoms with E-state index in [1.165, 1.54) is 44.1 Å². The van der Waals surface area contributed by atoms with Gasteiger partial charge in [0, 0.05) is 49.2 Å². The van der Waals surface area contributed by atoms with Gasteiger partial charge in [0.25, 0.3) is 0 Å². The lowest BCUT2D eigenvalue weighted by Gasteiger charge is -2.38. The maximum atomic E-state index is 6.19. The summed E-state index contributed by atoms with van der Waals surface area (Å²) in [7, 11) is 0. The van der Waals surface area contributed by atoms with E-state index >= 15 is 0 Å². The van der Waals surface area contributed by atoms with E-state index in [-0.39, 0.29) is 5.41 Å². The summed E-state index contributed by atoms with van der Waals surface area (Å²) in [5.41, 5.74) is 1.41. The van der Waals surface area contributed by atoms with Crippen molar-refractivity contribution in [2.24, 2.45) is 11.8 Å². The lowest BCUT2D eigenvalue weighted by Crippen LogP contribution is -2.43. The number of benzene rings is 1. The largest absolute Gasteiger partial charge is 0.361 e. The topological polar surface area (TPSA) is 56.3 Å². The van der Waals surface area contributed by atoms with Gasteiger partial charge in [0.2, 0.25) is 5.95 Å². The molecular formula is C29H41ClN6S. The molecule has 0 bridgehead atoms. The van der Waals surface area contributed by atoms with Gasteiger partial charge in [-0.3, -0.25) is 0 Å². The number of aromatic nitrogens is 2. The van der Waals surface area contributed by atoms with Gasteiger partial charge in [-0.15, -0.1) is 0 Å². The van der Waals surface area contributed by atoms with Crippen molar-refractivity contribution in [2.75, 3.05) is 47.8 Å². The van der Waals surface area contributed by atoms with Gasteiger partial charge in [-0.05, 0) is 73.9 Å². The van der Waals surface area contributed by atoms with E-state index in [1.54, 1.807) is 0 Å². The van der Waals surface area contributed by atoms with Gasteiger partial charge in [-0.2, -0.15) is 9.97 Å². The first kappa shape index (κ1) is 26.5. The fourth-order valence-corrected chi connectivity index (χ4v) is 6.88. The van der Waals surface area contributed by atoms with Crippen LogP contribution in [0.5, 0.6) is 0 Å². The molecule has 2 saturated heterocycles. The minimum absolute atomic E-state index is 0.0675. The predicted molar refractivity (Wildman–Crippen MR) is 159 cm³/mol. The van der Waals surface area contributed by atoms with Crippen molar-refractivity contribution in [1.29, 1.82) is 0 Å². The van der Waals surface area contributed by atoms with Crippen molar-refractivity contribution in [3.63, 3.8) is 0 Å². The highest BCUT2D eigenvalue weighted by atomic mass is 35.5. The summed E-state index contributed by atoms with van der Waals surface area (Å²) in [5.74, 6) is 3.92. The Morgan fingerprint density at radius 2 is 1.57 bits per heavy atom. The highest BCUT2D eigenvalue weighted by Crippen LogP contribution is 2.39. The molecule has 2 aromatic rings. The summed E-state index contributed by atoms with van der Waals surface area (Å²) in [5, 5.41) is 8.25. The van der Waals surface area contributed by atoms with Gasteiger partial charge < -0.3 is 20.4 Å². The second-order valence-electron chi connectivity index (χ2n) is 11.6. The average molecular weight is 541 g/mol. The van der Waals surface area contributed by atoms with Gasteiger partial charge in [0.05, 0.1) is 0 Å². The number of hydrogen-bond acceptors (Lipinski definition) is 5. The Morgan fingerprint density at radius 1 is 0.946 bits per heavy atom. The Morgan fingerprint density at radius 3 is 2.22 bits per heavy atom. The van der Waals surface area contributed by atoms with Crippen molar-refractivity contribution in [1.82, 2.24) is 15.3 Å². The number of rotatable bonds is 6. The molecule has 5 rings (SSSR count). The lowest BCUT2D eigenvalue weighted by molar-refractivity contribution is 0.292. The van der Waals surface area contributed by atoms with Crippen molar-refractivity contribution in [3.8, 4) is 0 Å². The van der Waals surface area contributed by atoms with Gasteiger partial charge in [0.1, 0.15) is 11.6 Å². The minimum Gasteiger partial charge on any atom is -0.361 e. The summed E-state index contributed by atoms with van der Waals surface area (Å²) in [6.07, 6.45) is 9.78.